The van der Waals surface area contributed by atoms with E-state index < -0.39 is 10.0 Å². The normalized spacial score (nSPS) is 25.5. The molecule has 184 valence electrons. The summed E-state index contributed by atoms with van der Waals surface area (Å²) in [7, 11) is -0.364. The lowest BCUT2D eigenvalue weighted by Gasteiger charge is -2.38. The van der Waals surface area contributed by atoms with E-state index in [4.69, 9.17) is 9.72 Å². The smallest absolute Gasteiger partial charge is 0.242 e. The third-order valence-corrected chi connectivity index (χ3v) is 8.64. The Hall–Kier alpha value is -1.52. The predicted molar refractivity (Wildman–Crippen MR) is 131 cm³/mol. The number of sulfonamides is 1. The van der Waals surface area contributed by atoms with Crippen LogP contribution in [-0.2, 0) is 27.8 Å². The van der Waals surface area contributed by atoms with E-state index in [9.17, 15) is 8.42 Å². The molecule has 1 aromatic carbocycles. The van der Waals surface area contributed by atoms with Crippen LogP contribution in [0.15, 0.2) is 23.1 Å². The van der Waals surface area contributed by atoms with Crippen molar-refractivity contribution in [1.82, 2.24) is 23.7 Å². The van der Waals surface area contributed by atoms with Gasteiger partial charge in [-0.05, 0) is 57.9 Å². The zero-order valence-electron chi connectivity index (χ0n) is 20.7. The molecule has 0 amide bonds. The van der Waals surface area contributed by atoms with E-state index in [2.05, 4.69) is 35.1 Å². The van der Waals surface area contributed by atoms with Gasteiger partial charge in [-0.3, -0.25) is 9.80 Å². The summed E-state index contributed by atoms with van der Waals surface area (Å²) in [5.41, 5.74) is 1.77. The first-order valence-corrected chi connectivity index (χ1v) is 13.7. The Bertz CT molecular complexity index is 1060. The average molecular weight is 478 g/mol. The molecule has 0 N–H and O–H groups in total. The highest BCUT2D eigenvalue weighted by atomic mass is 32.2. The summed E-state index contributed by atoms with van der Waals surface area (Å²) in [5.74, 6) is 1.03. The Labute approximate surface area is 198 Å². The van der Waals surface area contributed by atoms with E-state index in [1.54, 1.807) is 26.2 Å². The van der Waals surface area contributed by atoms with E-state index in [1.165, 1.54) is 17.1 Å². The lowest BCUT2D eigenvalue weighted by atomic mass is 10.1. The monoisotopic (exact) mass is 477 g/mol. The fraction of sp³-hybridized carbons (Fsp3) is 0.708. The van der Waals surface area contributed by atoms with Gasteiger partial charge < -0.3 is 9.30 Å². The van der Waals surface area contributed by atoms with Gasteiger partial charge in [0.2, 0.25) is 10.0 Å². The minimum absolute atomic E-state index is 0.282. The third kappa shape index (κ3) is 5.27. The van der Waals surface area contributed by atoms with Gasteiger partial charge in [-0.15, -0.1) is 0 Å². The number of aryl methyl sites for hydroxylation is 1. The number of likely N-dealkylation sites (tertiary alicyclic amines) is 1. The lowest BCUT2D eigenvalue weighted by molar-refractivity contribution is -0.0725. The summed E-state index contributed by atoms with van der Waals surface area (Å²) in [6.07, 6.45) is 3.98. The number of rotatable bonds is 8. The standard InChI is InChI=1S/C24H39N5O3S/c1-6-11-29-23-10-9-21(33(30,31)26(4)5)13-22(23)25-24(29)17-28-12-7-8-20(28)16-27-14-18(2)32-19(3)15-27/h9-10,13,18-20H,6-8,11-12,14-17H2,1-5H3/t18-,19+,20-/m0/s1. The summed E-state index contributed by atoms with van der Waals surface area (Å²) in [6.45, 7) is 12.3. The van der Waals surface area contributed by atoms with Crippen molar-refractivity contribution >= 4 is 21.1 Å². The first-order valence-electron chi connectivity index (χ1n) is 12.2. The molecule has 2 aromatic rings. The van der Waals surface area contributed by atoms with Crippen molar-refractivity contribution in [1.29, 1.82) is 0 Å². The SMILES string of the molecule is CCCn1c(CN2CCC[C@H]2CN2C[C@@H](C)O[C@@H](C)C2)nc2cc(S(=O)(=O)N(C)C)ccc21. The largest absolute Gasteiger partial charge is 0.373 e. The van der Waals surface area contributed by atoms with Crippen molar-refractivity contribution in [2.24, 2.45) is 0 Å². The van der Waals surface area contributed by atoms with Gasteiger partial charge in [0.15, 0.2) is 0 Å². The lowest BCUT2D eigenvalue weighted by Crippen LogP contribution is -2.50. The summed E-state index contributed by atoms with van der Waals surface area (Å²) in [6, 6.07) is 5.85. The Kier molecular flexibility index (Phi) is 7.45. The van der Waals surface area contributed by atoms with Gasteiger partial charge in [0, 0.05) is 46.3 Å². The molecule has 2 aliphatic heterocycles. The van der Waals surface area contributed by atoms with E-state index in [1.807, 2.05) is 6.07 Å². The molecule has 1 aromatic heterocycles. The average Bonchev–Trinajstić information content (AvgIpc) is 3.31. The number of imidazole rings is 1. The second-order valence-corrected chi connectivity index (χ2v) is 12.0. The Balaban J connectivity index is 1.57. The summed E-state index contributed by atoms with van der Waals surface area (Å²) < 4.78 is 34.7. The van der Waals surface area contributed by atoms with Crippen LogP contribution in [0.4, 0.5) is 0 Å². The number of hydrogen-bond donors (Lipinski definition) is 0. The zero-order chi connectivity index (χ0) is 23.8. The number of ether oxygens (including phenoxy) is 1. The van der Waals surface area contributed by atoms with Crippen molar-refractivity contribution in [3.05, 3.63) is 24.0 Å². The quantitative estimate of drug-likeness (QED) is 0.582. The predicted octanol–water partition coefficient (Wildman–Crippen LogP) is 2.77. The fourth-order valence-electron chi connectivity index (χ4n) is 5.35. The maximum Gasteiger partial charge on any atom is 0.242 e. The number of hydrogen-bond acceptors (Lipinski definition) is 6. The van der Waals surface area contributed by atoms with Gasteiger partial charge in [0.05, 0.1) is 34.7 Å². The molecule has 3 atom stereocenters. The number of aromatic nitrogens is 2. The van der Waals surface area contributed by atoms with Gasteiger partial charge >= 0.3 is 0 Å². The van der Waals surface area contributed by atoms with Crippen LogP contribution in [0.5, 0.6) is 0 Å². The maximum atomic E-state index is 12.6. The van der Waals surface area contributed by atoms with Crippen LogP contribution < -0.4 is 0 Å². The van der Waals surface area contributed by atoms with Crippen molar-refractivity contribution in [2.45, 2.75) is 76.3 Å². The summed E-state index contributed by atoms with van der Waals surface area (Å²) in [5, 5.41) is 0. The Morgan fingerprint density at radius 1 is 1.18 bits per heavy atom. The van der Waals surface area contributed by atoms with Crippen molar-refractivity contribution in [3.8, 4) is 0 Å². The van der Waals surface area contributed by atoms with E-state index in [0.29, 0.717) is 10.9 Å². The Morgan fingerprint density at radius 2 is 1.91 bits per heavy atom. The van der Waals surface area contributed by atoms with Crippen LogP contribution in [0, 0.1) is 0 Å². The van der Waals surface area contributed by atoms with E-state index in [-0.39, 0.29) is 12.2 Å². The summed E-state index contributed by atoms with van der Waals surface area (Å²) >= 11 is 0. The van der Waals surface area contributed by atoms with Gasteiger partial charge in [-0.2, -0.15) is 0 Å². The molecule has 0 radical (unpaired) electrons. The van der Waals surface area contributed by atoms with Crippen LogP contribution >= 0.6 is 0 Å². The van der Waals surface area contributed by atoms with Crippen molar-refractivity contribution < 1.29 is 13.2 Å². The Morgan fingerprint density at radius 3 is 2.58 bits per heavy atom. The number of nitrogens with zero attached hydrogens (tertiary/aromatic N) is 5. The highest BCUT2D eigenvalue weighted by Gasteiger charge is 2.31. The molecule has 33 heavy (non-hydrogen) atoms. The topological polar surface area (TPSA) is 70.9 Å². The van der Waals surface area contributed by atoms with Crippen LogP contribution in [0.1, 0.15) is 45.9 Å². The molecule has 2 saturated heterocycles. The fourth-order valence-corrected chi connectivity index (χ4v) is 6.27. The van der Waals surface area contributed by atoms with Gasteiger partial charge in [0.25, 0.3) is 0 Å². The first kappa shape index (κ1) is 24.6. The zero-order valence-corrected chi connectivity index (χ0v) is 21.5. The molecule has 4 rings (SSSR count). The second-order valence-electron chi connectivity index (χ2n) is 9.86. The number of benzene rings is 1. The van der Waals surface area contributed by atoms with Gasteiger partial charge in [-0.1, -0.05) is 6.92 Å². The molecule has 8 nitrogen and oxygen atoms in total. The second kappa shape index (κ2) is 10.00. The molecule has 2 aliphatic rings. The van der Waals surface area contributed by atoms with E-state index >= 15 is 0 Å². The molecule has 0 aliphatic carbocycles. The maximum absolute atomic E-state index is 12.6. The van der Waals surface area contributed by atoms with Crippen molar-refractivity contribution in [2.75, 3.05) is 40.3 Å². The number of fused-ring (bicyclic) bond motifs is 1. The highest BCUT2D eigenvalue weighted by molar-refractivity contribution is 7.89. The van der Waals surface area contributed by atoms with E-state index in [0.717, 1.165) is 62.5 Å². The highest BCUT2D eigenvalue weighted by Crippen LogP contribution is 2.26. The molecule has 2 fully saturated rings. The summed E-state index contributed by atoms with van der Waals surface area (Å²) in [4.78, 5) is 10.3. The van der Waals surface area contributed by atoms with Crippen LogP contribution in [-0.4, -0.2) is 90.6 Å². The third-order valence-electron chi connectivity index (χ3n) is 6.83. The molecule has 0 unspecified atom stereocenters. The van der Waals surface area contributed by atoms with Crippen LogP contribution in [0.2, 0.25) is 0 Å². The molecular weight excluding hydrogens is 438 g/mol. The molecule has 0 saturated carbocycles. The van der Waals surface area contributed by atoms with Crippen LogP contribution in [0.25, 0.3) is 11.0 Å². The van der Waals surface area contributed by atoms with Gasteiger partial charge in [-0.25, -0.2) is 17.7 Å². The minimum atomic E-state index is -3.48. The molecule has 0 spiro atoms. The molecule has 3 heterocycles. The minimum Gasteiger partial charge on any atom is -0.373 e. The number of morpholine rings is 1. The molecule has 0 bridgehead atoms. The van der Waals surface area contributed by atoms with Crippen molar-refractivity contribution in [3.63, 3.8) is 0 Å². The molecular formula is C24H39N5O3S. The first-order chi connectivity index (χ1) is 15.7. The van der Waals surface area contributed by atoms with Gasteiger partial charge in [0.1, 0.15) is 5.82 Å². The van der Waals surface area contributed by atoms with Crippen LogP contribution in [0.3, 0.4) is 0 Å². The molecule has 9 heteroatoms.